The molecule has 3 rings (SSSR count). The zero-order valence-corrected chi connectivity index (χ0v) is 14.8. The fourth-order valence-corrected chi connectivity index (χ4v) is 3.02. The van der Waals surface area contributed by atoms with Crippen molar-refractivity contribution in [3.63, 3.8) is 0 Å². The molecule has 0 saturated carbocycles. The number of aromatic nitrogens is 2. The fourth-order valence-electron chi connectivity index (χ4n) is 2.45. The number of rotatable bonds is 5. The van der Waals surface area contributed by atoms with Crippen LogP contribution in [0.5, 0.6) is 11.5 Å². The van der Waals surface area contributed by atoms with Crippen molar-refractivity contribution in [3.05, 3.63) is 58.7 Å². The first kappa shape index (κ1) is 16.3. The molecular formula is C18H15BrN2O3. The Morgan fingerprint density at radius 1 is 1.04 bits per heavy atom. The number of para-hydroxylation sites is 1. The van der Waals surface area contributed by atoms with Crippen LogP contribution < -0.4 is 9.47 Å². The summed E-state index contributed by atoms with van der Waals surface area (Å²) >= 11 is 3.47. The Bertz CT molecular complexity index is 875. The Morgan fingerprint density at radius 3 is 2.38 bits per heavy atom. The van der Waals surface area contributed by atoms with Crippen LogP contribution in [0.1, 0.15) is 10.4 Å². The van der Waals surface area contributed by atoms with Crippen LogP contribution in [0, 0.1) is 0 Å². The van der Waals surface area contributed by atoms with Crippen LogP contribution in [0.2, 0.25) is 0 Å². The number of hydrogen-bond acceptors (Lipinski definition) is 4. The zero-order valence-electron chi connectivity index (χ0n) is 13.2. The maximum Gasteiger partial charge on any atom is 0.161 e. The minimum absolute atomic E-state index is 0.478. The molecule has 0 atom stereocenters. The lowest BCUT2D eigenvalue weighted by Gasteiger charge is -2.08. The first-order valence-corrected chi connectivity index (χ1v) is 8.00. The highest BCUT2D eigenvalue weighted by molar-refractivity contribution is 9.10. The standard InChI is InChI=1S/C18H15BrN2O3/c1-23-15-9-8-12(10-16(15)24-2)17-14(11-22)18(19)21(20-17)13-6-4-3-5-7-13/h3-11H,1-2H3. The Kier molecular flexibility index (Phi) is 4.66. The molecule has 0 aliphatic heterocycles. The van der Waals surface area contributed by atoms with Crippen LogP contribution in [0.25, 0.3) is 16.9 Å². The van der Waals surface area contributed by atoms with Gasteiger partial charge in [-0.15, -0.1) is 0 Å². The molecule has 5 nitrogen and oxygen atoms in total. The van der Waals surface area contributed by atoms with Gasteiger partial charge in [-0.25, -0.2) is 4.68 Å². The molecule has 0 N–H and O–H groups in total. The largest absolute Gasteiger partial charge is 0.493 e. The molecule has 0 unspecified atom stereocenters. The van der Waals surface area contributed by atoms with E-state index in [0.717, 1.165) is 17.5 Å². The van der Waals surface area contributed by atoms with Crippen LogP contribution in [0.3, 0.4) is 0 Å². The van der Waals surface area contributed by atoms with Gasteiger partial charge in [-0.2, -0.15) is 5.10 Å². The van der Waals surface area contributed by atoms with E-state index >= 15 is 0 Å². The fraction of sp³-hybridized carbons (Fsp3) is 0.111. The molecule has 0 fully saturated rings. The molecule has 24 heavy (non-hydrogen) atoms. The molecule has 3 aromatic rings. The van der Waals surface area contributed by atoms with E-state index < -0.39 is 0 Å². The van der Waals surface area contributed by atoms with Gasteiger partial charge in [-0.3, -0.25) is 4.79 Å². The van der Waals surface area contributed by atoms with Crippen LogP contribution in [-0.4, -0.2) is 30.3 Å². The van der Waals surface area contributed by atoms with Gasteiger partial charge in [0.25, 0.3) is 0 Å². The highest BCUT2D eigenvalue weighted by Crippen LogP contribution is 2.35. The van der Waals surface area contributed by atoms with Gasteiger partial charge in [0.1, 0.15) is 10.3 Å². The summed E-state index contributed by atoms with van der Waals surface area (Å²) in [5.41, 5.74) is 2.68. The number of methoxy groups -OCH3 is 2. The number of ether oxygens (including phenoxy) is 2. The first-order valence-electron chi connectivity index (χ1n) is 7.21. The number of nitrogens with zero attached hydrogens (tertiary/aromatic N) is 2. The topological polar surface area (TPSA) is 53.4 Å². The smallest absolute Gasteiger partial charge is 0.161 e. The second-order valence-corrected chi connectivity index (χ2v) is 5.74. The molecule has 0 aliphatic carbocycles. The predicted octanol–water partition coefficient (Wildman–Crippen LogP) is 4.13. The molecular weight excluding hydrogens is 372 g/mol. The van der Waals surface area contributed by atoms with Gasteiger partial charge < -0.3 is 9.47 Å². The third-order valence-electron chi connectivity index (χ3n) is 3.64. The summed E-state index contributed by atoms with van der Waals surface area (Å²) in [4.78, 5) is 11.6. The first-order chi connectivity index (χ1) is 11.7. The van der Waals surface area contributed by atoms with Gasteiger partial charge in [0, 0.05) is 5.56 Å². The van der Waals surface area contributed by atoms with Crippen LogP contribution in [0.15, 0.2) is 53.1 Å². The molecule has 2 aromatic carbocycles. The SMILES string of the molecule is COc1ccc(-c2nn(-c3ccccc3)c(Br)c2C=O)cc1OC. The molecule has 0 bridgehead atoms. The summed E-state index contributed by atoms with van der Waals surface area (Å²) < 4.78 is 12.9. The van der Waals surface area contributed by atoms with Gasteiger partial charge >= 0.3 is 0 Å². The molecule has 0 radical (unpaired) electrons. The number of hydrogen-bond donors (Lipinski definition) is 0. The van der Waals surface area contributed by atoms with Crippen molar-refractivity contribution in [2.75, 3.05) is 14.2 Å². The van der Waals surface area contributed by atoms with E-state index in [-0.39, 0.29) is 0 Å². The quantitative estimate of drug-likeness (QED) is 0.618. The maximum atomic E-state index is 11.6. The van der Waals surface area contributed by atoms with E-state index in [1.54, 1.807) is 31.0 Å². The average molecular weight is 387 g/mol. The number of carbonyl (C=O) groups excluding carboxylic acids is 1. The second kappa shape index (κ2) is 6.88. The van der Waals surface area contributed by atoms with Crippen molar-refractivity contribution >= 4 is 22.2 Å². The lowest BCUT2D eigenvalue weighted by Crippen LogP contribution is -1.96. The van der Waals surface area contributed by atoms with E-state index in [2.05, 4.69) is 21.0 Å². The second-order valence-electron chi connectivity index (χ2n) is 4.99. The molecule has 122 valence electrons. The Morgan fingerprint density at radius 2 is 1.75 bits per heavy atom. The predicted molar refractivity (Wildman–Crippen MR) is 95.2 cm³/mol. The average Bonchev–Trinajstić information content (AvgIpc) is 2.98. The molecule has 0 spiro atoms. The summed E-state index contributed by atoms with van der Waals surface area (Å²) in [6.45, 7) is 0. The van der Waals surface area contributed by atoms with Crippen molar-refractivity contribution in [2.24, 2.45) is 0 Å². The highest BCUT2D eigenvalue weighted by Gasteiger charge is 2.19. The van der Waals surface area contributed by atoms with Crippen molar-refractivity contribution in [1.29, 1.82) is 0 Å². The minimum Gasteiger partial charge on any atom is -0.493 e. The number of aldehydes is 1. The number of benzene rings is 2. The minimum atomic E-state index is 0.478. The van der Waals surface area contributed by atoms with E-state index in [9.17, 15) is 4.79 Å². The van der Waals surface area contributed by atoms with Crippen molar-refractivity contribution in [3.8, 4) is 28.4 Å². The summed E-state index contributed by atoms with van der Waals surface area (Å²) in [6, 6.07) is 15.0. The lowest BCUT2D eigenvalue weighted by molar-refractivity contribution is 0.112. The van der Waals surface area contributed by atoms with E-state index in [0.29, 0.717) is 27.4 Å². The number of halogens is 1. The molecule has 6 heteroatoms. The third-order valence-corrected chi connectivity index (χ3v) is 4.40. The van der Waals surface area contributed by atoms with E-state index in [4.69, 9.17) is 9.47 Å². The van der Waals surface area contributed by atoms with Gasteiger partial charge in [-0.1, -0.05) is 18.2 Å². The van der Waals surface area contributed by atoms with E-state index in [1.165, 1.54) is 0 Å². The summed E-state index contributed by atoms with van der Waals surface area (Å²) in [5.74, 6) is 1.20. The molecule has 0 saturated heterocycles. The Hall–Kier alpha value is -2.60. The Balaban J connectivity index is 2.17. The van der Waals surface area contributed by atoms with Gasteiger partial charge in [0.2, 0.25) is 0 Å². The molecule has 0 amide bonds. The normalized spacial score (nSPS) is 10.5. The number of carbonyl (C=O) groups is 1. The molecule has 0 aliphatic rings. The summed E-state index contributed by atoms with van der Waals surface area (Å²) in [6.07, 6.45) is 0.794. The van der Waals surface area contributed by atoms with Crippen LogP contribution >= 0.6 is 15.9 Å². The third kappa shape index (κ3) is 2.80. The maximum absolute atomic E-state index is 11.6. The van der Waals surface area contributed by atoms with Gasteiger partial charge in [-0.05, 0) is 46.3 Å². The van der Waals surface area contributed by atoms with E-state index in [1.807, 2.05) is 36.4 Å². The Labute approximate surface area is 148 Å². The highest BCUT2D eigenvalue weighted by atomic mass is 79.9. The summed E-state index contributed by atoms with van der Waals surface area (Å²) in [7, 11) is 3.15. The lowest BCUT2D eigenvalue weighted by atomic mass is 10.1. The molecule has 1 aromatic heterocycles. The van der Waals surface area contributed by atoms with Crippen LogP contribution in [-0.2, 0) is 0 Å². The van der Waals surface area contributed by atoms with Crippen molar-refractivity contribution < 1.29 is 14.3 Å². The molecule has 1 heterocycles. The van der Waals surface area contributed by atoms with Crippen molar-refractivity contribution in [1.82, 2.24) is 9.78 Å². The van der Waals surface area contributed by atoms with Gasteiger partial charge in [0.05, 0.1) is 25.5 Å². The zero-order chi connectivity index (χ0) is 17.1. The van der Waals surface area contributed by atoms with Gasteiger partial charge in [0.15, 0.2) is 17.8 Å². The summed E-state index contributed by atoms with van der Waals surface area (Å²) in [5, 5.41) is 4.59. The van der Waals surface area contributed by atoms with Crippen molar-refractivity contribution in [2.45, 2.75) is 0 Å². The van der Waals surface area contributed by atoms with Crippen LogP contribution in [0.4, 0.5) is 0 Å². The monoisotopic (exact) mass is 386 g/mol.